The smallest absolute Gasteiger partial charge is 0.322 e. The van der Waals surface area contributed by atoms with Gasteiger partial charge >= 0.3 is 12.0 Å². The molecule has 0 radical (unpaired) electrons. The average molecular weight is 472 g/mol. The summed E-state index contributed by atoms with van der Waals surface area (Å²) in [6.45, 7) is 0.886. The highest BCUT2D eigenvalue weighted by molar-refractivity contribution is 5.96. The van der Waals surface area contributed by atoms with Gasteiger partial charge in [0.25, 0.3) is 0 Å². The van der Waals surface area contributed by atoms with Crippen molar-refractivity contribution in [3.63, 3.8) is 0 Å². The first-order chi connectivity index (χ1) is 16.3. The van der Waals surface area contributed by atoms with Gasteiger partial charge in [0.2, 0.25) is 0 Å². The fourth-order valence-corrected chi connectivity index (χ4v) is 5.56. The van der Waals surface area contributed by atoms with Gasteiger partial charge in [0.05, 0.1) is 17.6 Å². The summed E-state index contributed by atoms with van der Waals surface area (Å²) in [5.74, 6) is -1.02. The Morgan fingerprint density at radius 3 is 2.50 bits per heavy atom. The van der Waals surface area contributed by atoms with Gasteiger partial charge in [-0.1, -0.05) is 0 Å². The number of urea groups is 1. The van der Waals surface area contributed by atoms with Gasteiger partial charge in [-0.2, -0.15) is 0 Å². The van der Waals surface area contributed by atoms with Crippen LogP contribution in [0.4, 0.5) is 30.9 Å². The zero-order valence-electron chi connectivity index (χ0n) is 18.7. The predicted molar refractivity (Wildman–Crippen MR) is 123 cm³/mol. The SMILES string of the molecule is NC(=O)N1CN(C2CCC(C(=O)O)CC2)c2ccc(N3CCC[C@@H]3c3cc(F)ccc3F)nc21. The third-order valence-corrected chi connectivity index (χ3v) is 7.32. The summed E-state index contributed by atoms with van der Waals surface area (Å²) in [6.07, 6.45) is 4.05. The average Bonchev–Trinajstić information content (AvgIpc) is 3.45. The minimum Gasteiger partial charge on any atom is -0.481 e. The number of aromatic nitrogens is 1. The molecule has 1 aromatic heterocycles. The Hall–Kier alpha value is -3.43. The number of rotatable bonds is 4. The van der Waals surface area contributed by atoms with E-state index in [1.807, 2.05) is 17.0 Å². The molecule has 0 bridgehead atoms. The Bertz CT molecular complexity index is 1120. The van der Waals surface area contributed by atoms with Gasteiger partial charge in [0, 0.05) is 18.2 Å². The predicted octanol–water partition coefficient (Wildman–Crippen LogP) is 4.01. The van der Waals surface area contributed by atoms with Crippen LogP contribution in [0.2, 0.25) is 0 Å². The van der Waals surface area contributed by atoms with E-state index in [2.05, 4.69) is 4.90 Å². The lowest BCUT2D eigenvalue weighted by atomic mass is 9.85. The van der Waals surface area contributed by atoms with Crippen molar-refractivity contribution >= 4 is 29.3 Å². The van der Waals surface area contributed by atoms with Crippen LogP contribution in [0, 0.1) is 17.6 Å². The second-order valence-corrected chi connectivity index (χ2v) is 9.25. The number of nitrogens with two attached hydrogens (primary N) is 1. The number of carboxylic acid groups (broad SMARTS) is 1. The fourth-order valence-electron chi connectivity index (χ4n) is 5.56. The zero-order valence-corrected chi connectivity index (χ0v) is 18.7. The number of carboxylic acids is 1. The highest BCUT2D eigenvalue weighted by atomic mass is 19.1. The molecule has 1 atom stereocenters. The molecular formula is C24H27F2N5O3. The van der Waals surface area contributed by atoms with Crippen molar-refractivity contribution in [2.24, 2.45) is 11.7 Å². The van der Waals surface area contributed by atoms with Gasteiger partial charge in [0.1, 0.15) is 24.1 Å². The molecule has 2 aromatic rings. The lowest BCUT2D eigenvalue weighted by Crippen LogP contribution is -2.44. The summed E-state index contributed by atoms with van der Waals surface area (Å²) >= 11 is 0. The highest BCUT2D eigenvalue weighted by Crippen LogP contribution is 2.43. The molecule has 3 N–H and O–H groups in total. The number of nitrogens with zero attached hydrogens (tertiary/aromatic N) is 4. The van der Waals surface area contributed by atoms with E-state index in [-0.39, 0.29) is 24.7 Å². The number of pyridine rings is 1. The molecule has 10 heteroatoms. The Morgan fingerprint density at radius 1 is 1.03 bits per heavy atom. The molecule has 8 nitrogen and oxygen atoms in total. The van der Waals surface area contributed by atoms with Gasteiger partial charge < -0.3 is 20.6 Å². The number of hydrogen-bond donors (Lipinski definition) is 2. The van der Waals surface area contributed by atoms with Gasteiger partial charge in [-0.15, -0.1) is 0 Å². The van der Waals surface area contributed by atoms with Crippen molar-refractivity contribution in [3.8, 4) is 0 Å². The second-order valence-electron chi connectivity index (χ2n) is 9.25. The number of hydrogen-bond acceptors (Lipinski definition) is 5. The molecule has 3 heterocycles. The molecule has 1 aromatic carbocycles. The quantitative estimate of drug-likeness (QED) is 0.699. The van der Waals surface area contributed by atoms with Crippen molar-refractivity contribution in [2.75, 3.05) is 27.9 Å². The number of carbonyl (C=O) groups excluding carboxylic acids is 1. The molecule has 180 valence electrons. The molecule has 2 aliphatic heterocycles. The van der Waals surface area contributed by atoms with Crippen molar-refractivity contribution < 1.29 is 23.5 Å². The van der Waals surface area contributed by atoms with Crippen LogP contribution in [-0.2, 0) is 4.79 Å². The zero-order chi connectivity index (χ0) is 24.0. The third-order valence-electron chi connectivity index (χ3n) is 7.32. The maximum Gasteiger partial charge on any atom is 0.322 e. The van der Waals surface area contributed by atoms with Gasteiger partial charge in [0.15, 0.2) is 5.82 Å². The summed E-state index contributed by atoms with van der Waals surface area (Å²) in [6, 6.07) is 6.33. The van der Waals surface area contributed by atoms with Crippen molar-refractivity contribution in [1.29, 1.82) is 0 Å². The minimum absolute atomic E-state index is 0.0901. The molecule has 34 heavy (non-hydrogen) atoms. The first-order valence-electron chi connectivity index (χ1n) is 11.6. The third kappa shape index (κ3) is 3.91. The first-order valence-corrected chi connectivity index (χ1v) is 11.6. The van der Waals surface area contributed by atoms with E-state index < -0.39 is 23.6 Å². The van der Waals surface area contributed by atoms with Crippen LogP contribution >= 0.6 is 0 Å². The molecule has 1 saturated carbocycles. The minimum atomic E-state index is -0.764. The summed E-state index contributed by atoms with van der Waals surface area (Å²) < 4.78 is 28.3. The van der Waals surface area contributed by atoms with Crippen LogP contribution in [0.5, 0.6) is 0 Å². The summed E-state index contributed by atoms with van der Waals surface area (Å²) in [7, 11) is 0. The lowest BCUT2D eigenvalue weighted by Gasteiger charge is -2.34. The molecule has 0 spiro atoms. The molecule has 2 fully saturated rings. The molecule has 3 aliphatic rings. The van der Waals surface area contributed by atoms with Gasteiger partial charge in [-0.25, -0.2) is 18.6 Å². The van der Waals surface area contributed by atoms with E-state index in [4.69, 9.17) is 10.7 Å². The number of benzene rings is 1. The van der Waals surface area contributed by atoms with E-state index in [9.17, 15) is 23.5 Å². The summed E-state index contributed by atoms with van der Waals surface area (Å²) in [5, 5.41) is 9.29. The molecule has 5 rings (SSSR count). The number of amides is 2. The van der Waals surface area contributed by atoms with E-state index in [1.165, 1.54) is 11.0 Å². The number of aliphatic carboxylic acids is 1. The summed E-state index contributed by atoms with van der Waals surface area (Å²) in [5.41, 5.74) is 6.73. The van der Waals surface area contributed by atoms with Crippen LogP contribution in [0.15, 0.2) is 30.3 Å². The number of anilines is 3. The number of fused-ring (bicyclic) bond motifs is 1. The number of halogens is 2. The fraction of sp³-hybridized carbons (Fsp3) is 0.458. The van der Waals surface area contributed by atoms with E-state index in [1.54, 1.807) is 0 Å². The summed E-state index contributed by atoms with van der Waals surface area (Å²) in [4.78, 5) is 33.7. The van der Waals surface area contributed by atoms with Crippen LogP contribution < -0.4 is 20.4 Å². The molecule has 2 amide bonds. The van der Waals surface area contributed by atoms with Crippen LogP contribution in [0.1, 0.15) is 50.1 Å². The normalized spacial score (nSPS) is 24.4. The van der Waals surface area contributed by atoms with E-state index >= 15 is 0 Å². The Balaban J connectivity index is 1.44. The van der Waals surface area contributed by atoms with Crippen LogP contribution in [-0.4, -0.2) is 41.3 Å². The molecule has 1 saturated heterocycles. The molecular weight excluding hydrogens is 444 g/mol. The van der Waals surface area contributed by atoms with Crippen molar-refractivity contribution in [1.82, 2.24) is 4.98 Å². The maximum absolute atomic E-state index is 14.5. The number of primary amides is 1. The molecule has 0 unspecified atom stereocenters. The first kappa shape index (κ1) is 22.4. The van der Waals surface area contributed by atoms with Crippen LogP contribution in [0.25, 0.3) is 0 Å². The Morgan fingerprint density at radius 2 is 1.79 bits per heavy atom. The van der Waals surface area contributed by atoms with Crippen molar-refractivity contribution in [3.05, 3.63) is 47.5 Å². The molecule has 1 aliphatic carbocycles. The van der Waals surface area contributed by atoms with Crippen LogP contribution in [0.3, 0.4) is 0 Å². The maximum atomic E-state index is 14.5. The Kier molecular flexibility index (Phi) is 5.75. The second kappa shape index (κ2) is 8.73. The van der Waals surface area contributed by atoms with E-state index in [0.717, 1.165) is 24.2 Å². The monoisotopic (exact) mass is 471 g/mol. The van der Waals surface area contributed by atoms with E-state index in [0.29, 0.717) is 55.8 Å². The van der Waals surface area contributed by atoms with Crippen molar-refractivity contribution in [2.45, 2.75) is 50.6 Å². The highest BCUT2D eigenvalue weighted by Gasteiger charge is 2.38. The standard InChI is InChI=1S/C24H27F2N5O3/c25-15-5-8-18(26)17(12-15)19-2-1-11-29(19)21-10-9-20-22(28-21)31(24(27)34)13-30(20)16-6-3-14(4-7-16)23(32)33/h5,8-10,12,14,16,19H,1-4,6-7,11,13H2,(H2,27,34)(H,32,33)/t14?,16?,19-/m1/s1. The topological polar surface area (TPSA) is 103 Å². The Labute approximate surface area is 196 Å². The number of carbonyl (C=O) groups is 2. The van der Waals surface area contributed by atoms with Gasteiger partial charge in [-0.05, 0) is 68.9 Å². The lowest BCUT2D eigenvalue weighted by molar-refractivity contribution is -0.142. The van der Waals surface area contributed by atoms with Gasteiger partial charge in [-0.3, -0.25) is 9.69 Å². The largest absolute Gasteiger partial charge is 0.481 e.